The summed E-state index contributed by atoms with van der Waals surface area (Å²) in [4.78, 5) is 12.5. The van der Waals surface area contributed by atoms with Crippen LogP contribution in [0.3, 0.4) is 0 Å². The van der Waals surface area contributed by atoms with Crippen LogP contribution in [0.15, 0.2) is 67.2 Å². The van der Waals surface area contributed by atoms with E-state index in [4.69, 9.17) is 5.73 Å². The van der Waals surface area contributed by atoms with Crippen LogP contribution in [0.25, 0.3) is 5.70 Å². The van der Waals surface area contributed by atoms with E-state index in [2.05, 4.69) is 87.2 Å². The highest BCUT2D eigenvalue weighted by atomic mass is 16.1. The Morgan fingerprint density at radius 1 is 1.00 bits per heavy atom. The van der Waals surface area contributed by atoms with Gasteiger partial charge in [-0.3, -0.25) is 4.79 Å². The van der Waals surface area contributed by atoms with Crippen molar-refractivity contribution in [2.75, 3.05) is 14.1 Å². The van der Waals surface area contributed by atoms with E-state index in [1.54, 1.807) is 7.05 Å². The average Bonchev–Trinajstić information content (AvgIpc) is 3.45. The molecule has 2 unspecified atom stereocenters. The van der Waals surface area contributed by atoms with E-state index in [0.717, 1.165) is 51.9 Å². The van der Waals surface area contributed by atoms with Gasteiger partial charge in [-0.1, -0.05) is 59.8 Å². The number of nitrogens with one attached hydrogen (secondary N) is 3. The molecule has 0 fully saturated rings. The van der Waals surface area contributed by atoms with E-state index in [1.807, 2.05) is 25.2 Å². The smallest absolute Gasteiger partial charge is 0.251 e. The first-order chi connectivity index (χ1) is 18.4. The van der Waals surface area contributed by atoms with Crippen LogP contribution in [0, 0.1) is 6.92 Å². The molecule has 3 aromatic carbocycles. The van der Waals surface area contributed by atoms with E-state index >= 15 is 0 Å². The summed E-state index contributed by atoms with van der Waals surface area (Å²) in [5.74, 6) is 0.432. The number of nitrogens with zero attached hydrogens (tertiary/aromatic N) is 3. The quantitative estimate of drug-likeness (QED) is 0.303. The van der Waals surface area contributed by atoms with Gasteiger partial charge >= 0.3 is 0 Å². The molecule has 0 saturated heterocycles. The van der Waals surface area contributed by atoms with Gasteiger partial charge in [0, 0.05) is 31.4 Å². The molecule has 0 spiro atoms. The van der Waals surface area contributed by atoms with Crippen LogP contribution in [0.4, 0.5) is 0 Å². The normalized spacial score (nSPS) is 17.1. The molecule has 8 heteroatoms. The maximum absolute atomic E-state index is 12.5. The largest absolute Gasteiger partial charge is 0.388 e. The van der Waals surface area contributed by atoms with Crippen LogP contribution >= 0.6 is 0 Å². The van der Waals surface area contributed by atoms with Crippen LogP contribution in [0.2, 0.25) is 0 Å². The Labute approximate surface area is 222 Å². The highest BCUT2D eigenvalue weighted by Gasteiger charge is 2.46. The number of tetrazole rings is 1. The van der Waals surface area contributed by atoms with Crippen LogP contribution in [0.1, 0.15) is 67.6 Å². The second-order valence-electron chi connectivity index (χ2n) is 9.91. The van der Waals surface area contributed by atoms with Crippen LogP contribution < -0.4 is 16.4 Å². The molecule has 1 heterocycles. The van der Waals surface area contributed by atoms with Gasteiger partial charge in [-0.15, -0.1) is 10.2 Å². The number of hydrogen-bond acceptors (Lipinski definition) is 6. The van der Waals surface area contributed by atoms with Crippen molar-refractivity contribution < 1.29 is 4.79 Å². The molecule has 38 heavy (non-hydrogen) atoms. The second kappa shape index (κ2) is 10.2. The van der Waals surface area contributed by atoms with Crippen LogP contribution in [-0.2, 0) is 18.3 Å². The van der Waals surface area contributed by atoms with Gasteiger partial charge in [0.2, 0.25) is 0 Å². The third-order valence-corrected chi connectivity index (χ3v) is 7.69. The van der Waals surface area contributed by atoms with Gasteiger partial charge in [0.1, 0.15) is 0 Å². The molecule has 0 radical (unpaired) electrons. The summed E-state index contributed by atoms with van der Waals surface area (Å²) in [7, 11) is 3.51. The van der Waals surface area contributed by atoms with Gasteiger partial charge in [0.15, 0.2) is 5.82 Å². The predicted molar refractivity (Wildman–Crippen MR) is 149 cm³/mol. The Kier molecular flexibility index (Phi) is 6.82. The Morgan fingerprint density at radius 2 is 1.63 bits per heavy atom. The number of hydrogen-bond donors (Lipinski definition) is 4. The van der Waals surface area contributed by atoms with Gasteiger partial charge in [-0.2, -0.15) is 5.21 Å². The third kappa shape index (κ3) is 4.37. The number of nitrogens with two attached hydrogens (primary N) is 1. The fraction of sp³-hybridized carbons (Fsp3) is 0.267. The molecule has 194 valence electrons. The summed E-state index contributed by atoms with van der Waals surface area (Å²) >= 11 is 0. The zero-order valence-electron chi connectivity index (χ0n) is 22.0. The molecule has 0 bridgehead atoms. The van der Waals surface area contributed by atoms with Gasteiger partial charge < -0.3 is 16.4 Å². The van der Waals surface area contributed by atoms with Crippen LogP contribution in [-0.4, -0.2) is 40.6 Å². The number of aromatic amines is 1. The summed E-state index contributed by atoms with van der Waals surface area (Å²) in [6, 6.07) is 20.3. The van der Waals surface area contributed by atoms with Crippen LogP contribution in [0.5, 0.6) is 0 Å². The van der Waals surface area contributed by atoms with E-state index in [0.29, 0.717) is 17.8 Å². The Bertz CT molecular complexity index is 1410. The number of aryl methyl sites for hydroxylation is 3. The average molecular weight is 508 g/mol. The summed E-state index contributed by atoms with van der Waals surface area (Å²) in [6.07, 6.45) is 2.05. The maximum Gasteiger partial charge on any atom is 0.251 e. The summed E-state index contributed by atoms with van der Waals surface area (Å²) in [6.45, 7) is 6.23. The molecular weight excluding hydrogens is 474 g/mol. The minimum Gasteiger partial charge on any atom is -0.388 e. The zero-order chi connectivity index (χ0) is 26.9. The molecule has 4 aromatic rings. The van der Waals surface area contributed by atoms with E-state index in [1.165, 1.54) is 5.56 Å². The first-order valence-corrected chi connectivity index (χ1v) is 12.8. The van der Waals surface area contributed by atoms with E-state index < -0.39 is 5.41 Å². The number of carbonyl (C=O) groups excluding carboxylic acids is 1. The third-order valence-electron chi connectivity index (χ3n) is 7.69. The van der Waals surface area contributed by atoms with Crippen molar-refractivity contribution in [1.29, 1.82) is 0 Å². The summed E-state index contributed by atoms with van der Waals surface area (Å²) in [5.41, 5.74) is 15.2. The number of benzene rings is 3. The molecule has 8 nitrogen and oxygen atoms in total. The molecule has 1 aliphatic carbocycles. The number of aromatic nitrogens is 4. The zero-order valence-corrected chi connectivity index (χ0v) is 22.0. The monoisotopic (exact) mass is 507 g/mol. The van der Waals surface area contributed by atoms with Crippen molar-refractivity contribution >= 4 is 11.6 Å². The number of rotatable bonds is 7. The van der Waals surface area contributed by atoms with Crippen molar-refractivity contribution in [1.82, 2.24) is 31.3 Å². The lowest BCUT2D eigenvalue weighted by atomic mass is 9.67. The van der Waals surface area contributed by atoms with Gasteiger partial charge in [-0.25, -0.2) is 0 Å². The molecule has 1 aliphatic rings. The first-order valence-electron chi connectivity index (χ1n) is 12.8. The fourth-order valence-corrected chi connectivity index (χ4v) is 5.62. The van der Waals surface area contributed by atoms with Crippen molar-refractivity contribution in [3.63, 3.8) is 0 Å². The Balaban J connectivity index is 1.77. The molecule has 1 aromatic heterocycles. The van der Waals surface area contributed by atoms with Gasteiger partial charge in [0.25, 0.3) is 5.91 Å². The SMILES string of the molecule is C=C(NC)c1ccc2c(c1)CCc1cc(C(=O)NC)ccc1C2(CC(N)c1ccc(C)cc1)c1nn[nH]n1. The summed E-state index contributed by atoms with van der Waals surface area (Å²) < 4.78 is 0. The first kappa shape index (κ1) is 25.4. The fourth-order valence-electron chi connectivity index (χ4n) is 5.62. The van der Waals surface area contributed by atoms with Gasteiger partial charge in [0.05, 0.1) is 5.41 Å². The lowest BCUT2D eigenvalue weighted by Gasteiger charge is -2.36. The topological polar surface area (TPSA) is 122 Å². The standard InChI is InChI=1S/C30H33N7O/c1-18-5-7-20(8-6-18)27(31)17-30(29-34-36-37-35-29)25-13-11-21(19(2)32-3)15-22(25)9-10-23-16-24(28(38)33-4)12-14-26(23)30/h5-8,11-16,27,32H,2,9-10,17,31H2,1,3-4H3,(H,33,38)(H,34,35,36,37). The molecule has 0 saturated carbocycles. The summed E-state index contributed by atoms with van der Waals surface area (Å²) in [5, 5.41) is 21.6. The van der Waals surface area contributed by atoms with E-state index in [-0.39, 0.29) is 11.9 Å². The molecule has 1 amide bonds. The molecule has 5 N–H and O–H groups in total. The predicted octanol–water partition coefficient (Wildman–Crippen LogP) is 3.58. The molecular formula is C30H33N7O. The minimum atomic E-state index is -0.792. The maximum atomic E-state index is 12.5. The van der Waals surface area contributed by atoms with Crippen molar-refractivity contribution in [3.05, 3.63) is 118 Å². The molecule has 5 rings (SSSR count). The Hall–Kier alpha value is -4.30. The lowest BCUT2D eigenvalue weighted by Crippen LogP contribution is -2.36. The minimum absolute atomic E-state index is 0.122. The Morgan fingerprint density at radius 3 is 2.21 bits per heavy atom. The van der Waals surface area contributed by atoms with Crippen molar-refractivity contribution in [3.8, 4) is 0 Å². The highest BCUT2D eigenvalue weighted by molar-refractivity contribution is 5.94. The number of fused-ring (bicyclic) bond motifs is 2. The molecule has 0 aliphatic heterocycles. The van der Waals surface area contributed by atoms with E-state index in [9.17, 15) is 4.79 Å². The lowest BCUT2D eigenvalue weighted by molar-refractivity contribution is 0.0963. The number of H-pyrrole nitrogens is 1. The number of carbonyl (C=O) groups is 1. The van der Waals surface area contributed by atoms with Crippen molar-refractivity contribution in [2.45, 2.75) is 37.6 Å². The highest BCUT2D eigenvalue weighted by Crippen LogP contribution is 2.48. The second-order valence-corrected chi connectivity index (χ2v) is 9.91. The molecule has 2 atom stereocenters. The van der Waals surface area contributed by atoms with Gasteiger partial charge in [-0.05, 0) is 77.8 Å². The van der Waals surface area contributed by atoms with Crippen molar-refractivity contribution in [2.24, 2.45) is 5.73 Å². The number of amides is 1.